The number of benzene rings is 1. The SMILES string of the molecule is O=C(O)NCc1nc2cccnc2n1Cc1ccc(F)cc1. The largest absolute Gasteiger partial charge is 0.465 e. The van der Waals surface area contributed by atoms with Crippen LogP contribution < -0.4 is 5.32 Å². The van der Waals surface area contributed by atoms with Gasteiger partial charge in [0.1, 0.15) is 17.2 Å². The van der Waals surface area contributed by atoms with Crippen LogP contribution in [0.5, 0.6) is 0 Å². The molecule has 6 nitrogen and oxygen atoms in total. The second-order valence-corrected chi connectivity index (χ2v) is 4.75. The molecule has 0 radical (unpaired) electrons. The molecule has 7 heteroatoms. The fourth-order valence-electron chi connectivity index (χ4n) is 2.23. The number of imidazole rings is 1. The molecule has 0 unspecified atom stereocenters. The van der Waals surface area contributed by atoms with Crippen LogP contribution in [0.4, 0.5) is 9.18 Å². The molecule has 22 heavy (non-hydrogen) atoms. The summed E-state index contributed by atoms with van der Waals surface area (Å²) in [6, 6.07) is 9.71. The molecule has 0 aliphatic heterocycles. The van der Waals surface area contributed by atoms with Gasteiger partial charge in [0.25, 0.3) is 0 Å². The molecule has 2 N–H and O–H groups in total. The maximum atomic E-state index is 13.0. The van der Waals surface area contributed by atoms with Gasteiger partial charge in [-0.25, -0.2) is 19.2 Å². The van der Waals surface area contributed by atoms with E-state index in [-0.39, 0.29) is 12.4 Å². The van der Waals surface area contributed by atoms with E-state index in [9.17, 15) is 9.18 Å². The van der Waals surface area contributed by atoms with Gasteiger partial charge in [0.2, 0.25) is 0 Å². The van der Waals surface area contributed by atoms with Crippen molar-refractivity contribution >= 4 is 17.3 Å². The smallest absolute Gasteiger partial charge is 0.405 e. The Bertz CT molecular complexity index is 814. The molecule has 1 amide bonds. The molecule has 2 heterocycles. The zero-order chi connectivity index (χ0) is 15.5. The van der Waals surface area contributed by atoms with Gasteiger partial charge in [0, 0.05) is 6.20 Å². The van der Waals surface area contributed by atoms with Crippen LogP contribution in [0.25, 0.3) is 11.2 Å². The number of nitrogens with one attached hydrogen (secondary N) is 1. The number of carboxylic acid groups (broad SMARTS) is 1. The van der Waals surface area contributed by atoms with Gasteiger partial charge in [-0.15, -0.1) is 0 Å². The standard InChI is InChI=1S/C15H13FN4O2/c16-11-5-3-10(4-6-11)9-20-13(8-18-15(21)22)19-12-2-1-7-17-14(12)20/h1-7,18H,8-9H2,(H,21,22). The van der Waals surface area contributed by atoms with Crippen LogP contribution in [0, 0.1) is 5.82 Å². The number of pyridine rings is 1. The Morgan fingerprint density at radius 2 is 2.05 bits per heavy atom. The summed E-state index contributed by atoms with van der Waals surface area (Å²) in [7, 11) is 0. The average molecular weight is 300 g/mol. The summed E-state index contributed by atoms with van der Waals surface area (Å²) in [6.45, 7) is 0.511. The molecule has 1 aromatic carbocycles. The number of halogens is 1. The number of amides is 1. The van der Waals surface area contributed by atoms with E-state index in [2.05, 4.69) is 15.3 Å². The highest BCUT2D eigenvalue weighted by Gasteiger charge is 2.12. The fraction of sp³-hybridized carbons (Fsp3) is 0.133. The van der Waals surface area contributed by atoms with E-state index in [0.717, 1.165) is 5.56 Å². The summed E-state index contributed by atoms with van der Waals surface area (Å²) in [5.41, 5.74) is 2.23. The van der Waals surface area contributed by atoms with Crippen molar-refractivity contribution in [3.63, 3.8) is 0 Å². The number of fused-ring (bicyclic) bond motifs is 1. The van der Waals surface area contributed by atoms with E-state index >= 15 is 0 Å². The third-order valence-corrected chi connectivity index (χ3v) is 3.23. The Hall–Kier alpha value is -2.96. The minimum Gasteiger partial charge on any atom is -0.465 e. The zero-order valence-electron chi connectivity index (χ0n) is 11.5. The average Bonchev–Trinajstić information content (AvgIpc) is 2.85. The molecule has 0 spiro atoms. The quantitative estimate of drug-likeness (QED) is 0.775. The Morgan fingerprint density at radius 3 is 2.77 bits per heavy atom. The highest BCUT2D eigenvalue weighted by Crippen LogP contribution is 2.16. The van der Waals surface area contributed by atoms with Crippen molar-refractivity contribution in [3.05, 3.63) is 59.8 Å². The van der Waals surface area contributed by atoms with Crippen LogP contribution in [-0.4, -0.2) is 25.7 Å². The first-order valence-corrected chi connectivity index (χ1v) is 6.65. The first-order valence-electron chi connectivity index (χ1n) is 6.65. The predicted octanol–water partition coefficient (Wildman–Crippen LogP) is 2.39. The molecular formula is C15H13FN4O2. The van der Waals surface area contributed by atoms with Crippen molar-refractivity contribution in [2.75, 3.05) is 0 Å². The van der Waals surface area contributed by atoms with Gasteiger partial charge in [0.05, 0.1) is 13.1 Å². The normalized spacial score (nSPS) is 10.8. The number of hydrogen-bond acceptors (Lipinski definition) is 3. The molecule has 2 aromatic heterocycles. The lowest BCUT2D eigenvalue weighted by atomic mass is 10.2. The second-order valence-electron chi connectivity index (χ2n) is 4.75. The second kappa shape index (κ2) is 5.80. The lowest BCUT2D eigenvalue weighted by Crippen LogP contribution is -2.22. The van der Waals surface area contributed by atoms with Gasteiger partial charge in [-0.05, 0) is 29.8 Å². The van der Waals surface area contributed by atoms with Gasteiger partial charge in [-0.3, -0.25) is 0 Å². The van der Waals surface area contributed by atoms with E-state index in [0.29, 0.717) is 23.5 Å². The van der Waals surface area contributed by atoms with E-state index in [1.165, 1.54) is 12.1 Å². The summed E-state index contributed by atoms with van der Waals surface area (Å²) in [5.74, 6) is 0.255. The third kappa shape index (κ3) is 2.88. The van der Waals surface area contributed by atoms with Gasteiger partial charge in [-0.2, -0.15) is 0 Å². The van der Waals surface area contributed by atoms with Crippen molar-refractivity contribution in [2.24, 2.45) is 0 Å². The first-order chi connectivity index (χ1) is 10.6. The van der Waals surface area contributed by atoms with E-state index in [1.807, 2.05) is 10.6 Å². The van der Waals surface area contributed by atoms with Crippen LogP contribution in [0.1, 0.15) is 11.4 Å². The van der Waals surface area contributed by atoms with Crippen LogP contribution in [-0.2, 0) is 13.1 Å². The molecule has 0 saturated heterocycles. The minimum absolute atomic E-state index is 0.0763. The summed E-state index contributed by atoms with van der Waals surface area (Å²) in [5, 5.41) is 11.1. The van der Waals surface area contributed by atoms with Crippen molar-refractivity contribution in [1.82, 2.24) is 19.9 Å². The Labute approximate surface area is 125 Å². The van der Waals surface area contributed by atoms with Gasteiger partial charge in [-0.1, -0.05) is 12.1 Å². The van der Waals surface area contributed by atoms with Crippen LogP contribution in [0.3, 0.4) is 0 Å². The van der Waals surface area contributed by atoms with E-state index < -0.39 is 6.09 Å². The van der Waals surface area contributed by atoms with Crippen molar-refractivity contribution in [1.29, 1.82) is 0 Å². The minimum atomic E-state index is -1.12. The molecule has 3 aromatic rings. The van der Waals surface area contributed by atoms with Gasteiger partial charge in [0.15, 0.2) is 5.65 Å². The van der Waals surface area contributed by atoms with E-state index in [1.54, 1.807) is 24.4 Å². The summed E-state index contributed by atoms with van der Waals surface area (Å²) in [6.07, 6.45) is 0.535. The van der Waals surface area contributed by atoms with Crippen molar-refractivity contribution < 1.29 is 14.3 Å². The molecule has 0 saturated carbocycles. The number of rotatable bonds is 4. The Morgan fingerprint density at radius 1 is 1.27 bits per heavy atom. The number of aromatic nitrogens is 3. The topological polar surface area (TPSA) is 80.0 Å². The monoisotopic (exact) mass is 300 g/mol. The lowest BCUT2D eigenvalue weighted by Gasteiger charge is -2.09. The molecular weight excluding hydrogens is 287 g/mol. The molecule has 112 valence electrons. The van der Waals surface area contributed by atoms with Crippen LogP contribution in [0.2, 0.25) is 0 Å². The third-order valence-electron chi connectivity index (χ3n) is 3.23. The lowest BCUT2D eigenvalue weighted by molar-refractivity contribution is 0.193. The van der Waals surface area contributed by atoms with Crippen LogP contribution >= 0.6 is 0 Å². The Balaban J connectivity index is 1.99. The van der Waals surface area contributed by atoms with Crippen LogP contribution in [0.15, 0.2) is 42.6 Å². The Kier molecular flexibility index (Phi) is 3.69. The number of carbonyl (C=O) groups is 1. The molecule has 0 aliphatic rings. The molecule has 0 atom stereocenters. The molecule has 0 fully saturated rings. The molecule has 3 rings (SSSR count). The summed E-state index contributed by atoms with van der Waals surface area (Å²) < 4.78 is 14.8. The first kappa shape index (κ1) is 14.0. The fourth-order valence-corrected chi connectivity index (χ4v) is 2.23. The van der Waals surface area contributed by atoms with Crippen molar-refractivity contribution in [2.45, 2.75) is 13.1 Å². The molecule has 0 aliphatic carbocycles. The maximum Gasteiger partial charge on any atom is 0.405 e. The summed E-state index contributed by atoms with van der Waals surface area (Å²) >= 11 is 0. The predicted molar refractivity (Wildman–Crippen MR) is 77.9 cm³/mol. The number of hydrogen-bond donors (Lipinski definition) is 2. The van der Waals surface area contributed by atoms with Gasteiger partial charge < -0.3 is 15.0 Å². The highest BCUT2D eigenvalue weighted by atomic mass is 19.1. The number of nitrogens with zero attached hydrogens (tertiary/aromatic N) is 3. The van der Waals surface area contributed by atoms with Crippen molar-refractivity contribution in [3.8, 4) is 0 Å². The summed E-state index contributed by atoms with van der Waals surface area (Å²) in [4.78, 5) is 19.4. The van der Waals surface area contributed by atoms with E-state index in [4.69, 9.17) is 5.11 Å². The zero-order valence-corrected chi connectivity index (χ0v) is 11.5. The molecule has 0 bridgehead atoms. The van der Waals surface area contributed by atoms with Gasteiger partial charge >= 0.3 is 6.09 Å². The highest BCUT2D eigenvalue weighted by molar-refractivity contribution is 5.71. The maximum absolute atomic E-state index is 13.0.